The van der Waals surface area contributed by atoms with Gasteiger partial charge in [-0.15, -0.1) is 0 Å². The van der Waals surface area contributed by atoms with E-state index in [4.69, 9.17) is 0 Å². The van der Waals surface area contributed by atoms with Crippen molar-refractivity contribution in [2.45, 2.75) is 12.2 Å². The molecule has 2 aromatic carbocycles. The molecule has 0 aromatic heterocycles. The molecule has 0 amide bonds. The van der Waals surface area contributed by atoms with Gasteiger partial charge in [-0.25, -0.2) is 0 Å². The second-order valence-corrected chi connectivity index (χ2v) is 4.85. The Morgan fingerprint density at radius 3 is 2.36 bits per heavy atom. The highest BCUT2D eigenvalue weighted by molar-refractivity contribution is 6.10. The van der Waals surface area contributed by atoms with Crippen molar-refractivity contribution in [3.05, 3.63) is 65.2 Å². The fourth-order valence-corrected chi connectivity index (χ4v) is 2.30. The van der Waals surface area contributed by atoms with Gasteiger partial charge in [0.1, 0.15) is 18.2 Å². The SMILES string of the molecule is O=CC1N=C(c2ccc(C(F)(F)F)cc2)Nc2ccccc21. The van der Waals surface area contributed by atoms with E-state index in [0.29, 0.717) is 17.7 Å². The van der Waals surface area contributed by atoms with Crippen LogP contribution in [0.25, 0.3) is 0 Å². The highest BCUT2D eigenvalue weighted by Crippen LogP contribution is 2.31. The zero-order valence-corrected chi connectivity index (χ0v) is 11.3. The largest absolute Gasteiger partial charge is 0.416 e. The molecule has 6 heteroatoms. The summed E-state index contributed by atoms with van der Waals surface area (Å²) in [6, 6.07) is 11.2. The summed E-state index contributed by atoms with van der Waals surface area (Å²) >= 11 is 0. The molecule has 0 radical (unpaired) electrons. The number of nitrogens with one attached hydrogen (secondary N) is 1. The molecule has 3 rings (SSSR count). The molecule has 1 aliphatic rings. The first-order valence-electron chi connectivity index (χ1n) is 6.56. The highest BCUT2D eigenvalue weighted by Gasteiger charge is 2.30. The van der Waals surface area contributed by atoms with E-state index < -0.39 is 17.8 Å². The maximum Gasteiger partial charge on any atom is 0.416 e. The van der Waals surface area contributed by atoms with Crippen molar-refractivity contribution >= 4 is 17.8 Å². The van der Waals surface area contributed by atoms with Crippen LogP contribution >= 0.6 is 0 Å². The molecule has 0 bridgehead atoms. The summed E-state index contributed by atoms with van der Waals surface area (Å²) in [6.07, 6.45) is -3.66. The average Bonchev–Trinajstić information content (AvgIpc) is 2.53. The van der Waals surface area contributed by atoms with Gasteiger partial charge in [-0.2, -0.15) is 13.2 Å². The van der Waals surface area contributed by atoms with Gasteiger partial charge < -0.3 is 10.1 Å². The van der Waals surface area contributed by atoms with Gasteiger partial charge in [0.25, 0.3) is 0 Å². The Kier molecular flexibility index (Phi) is 3.44. The van der Waals surface area contributed by atoms with Crippen molar-refractivity contribution in [2.75, 3.05) is 5.32 Å². The zero-order chi connectivity index (χ0) is 15.7. The normalized spacial score (nSPS) is 17.2. The van der Waals surface area contributed by atoms with Gasteiger partial charge in [0, 0.05) is 16.8 Å². The first-order chi connectivity index (χ1) is 10.5. The van der Waals surface area contributed by atoms with Crippen LogP contribution in [0.15, 0.2) is 53.5 Å². The third kappa shape index (κ3) is 2.59. The second kappa shape index (κ2) is 5.29. The number of hydrogen-bond acceptors (Lipinski definition) is 3. The molecule has 0 aliphatic carbocycles. The molecule has 1 atom stereocenters. The number of aldehydes is 1. The van der Waals surface area contributed by atoms with Crippen LogP contribution < -0.4 is 5.32 Å². The van der Waals surface area contributed by atoms with Crippen molar-refractivity contribution in [1.82, 2.24) is 0 Å². The number of carbonyl (C=O) groups excluding carboxylic acids is 1. The van der Waals surface area contributed by atoms with Gasteiger partial charge in [0.15, 0.2) is 0 Å². The summed E-state index contributed by atoms with van der Waals surface area (Å²) in [5.74, 6) is 0.379. The summed E-state index contributed by atoms with van der Waals surface area (Å²) in [5.41, 5.74) is 1.24. The molecule has 112 valence electrons. The van der Waals surface area contributed by atoms with Crippen LogP contribution in [0.2, 0.25) is 0 Å². The number of alkyl halides is 3. The number of nitrogens with zero attached hydrogens (tertiary/aromatic N) is 1. The Labute approximate surface area is 124 Å². The van der Waals surface area contributed by atoms with Gasteiger partial charge in [0.05, 0.1) is 5.56 Å². The molecule has 3 nitrogen and oxygen atoms in total. The number of halogens is 3. The van der Waals surface area contributed by atoms with E-state index in [1.807, 2.05) is 6.07 Å². The zero-order valence-electron chi connectivity index (χ0n) is 11.3. The predicted octanol–water partition coefficient (Wildman–Crippen LogP) is 3.82. The van der Waals surface area contributed by atoms with E-state index in [1.165, 1.54) is 12.1 Å². The maximum absolute atomic E-state index is 12.6. The van der Waals surface area contributed by atoms with E-state index in [9.17, 15) is 18.0 Å². The lowest BCUT2D eigenvalue weighted by Crippen LogP contribution is -2.22. The molecular formula is C16H11F3N2O. The minimum absolute atomic E-state index is 0.379. The van der Waals surface area contributed by atoms with E-state index in [-0.39, 0.29) is 0 Å². The van der Waals surface area contributed by atoms with Gasteiger partial charge in [-0.05, 0) is 18.2 Å². The fraction of sp³-hybridized carbons (Fsp3) is 0.125. The van der Waals surface area contributed by atoms with Crippen LogP contribution in [0.5, 0.6) is 0 Å². The molecule has 0 saturated carbocycles. The minimum atomic E-state index is -4.38. The van der Waals surface area contributed by atoms with E-state index in [1.54, 1.807) is 18.2 Å². The minimum Gasteiger partial charge on any atom is -0.340 e. The van der Waals surface area contributed by atoms with Gasteiger partial charge in [-0.1, -0.05) is 30.3 Å². The molecule has 1 N–H and O–H groups in total. The average molecular weight is 304 g/mol. The first kappa shape index (κ1) is 14.3. The van der Waals surface area contributed by atoms with Crippen LogP contribution in [0, 0.1) is 0 Å². The van der Waals surface area contributed by atoms with Gasteiger partial charge in [0.2, 0.25) is 0 Å². The summed E-state index contributed by atoms with van der Waals surface area (Å²) in [7, 11) is 0. The van der Waals surface area contributed by atoms with Crippen molar-refractivity contribution in [2.24, 2.45) is 4.99 Å². The maximum atomic E-state index is 12.6. The standard InChI is InChI=1S/C16H11F3N2O/c17-16(18,19)11-7-5-10(6-8-11)15-20-13-4-2-1-3-12(13)14(9-22)21-15/h1-9,14H,(H,20,21). The predicted molar refractivity (Wildman–Crippen MR) is 76.9 cm³/mol. The van der Waals surface area contributed by atoms with E-state index >= 15 is 0 Å². The summed E-state index contributed by atoms with van der Waals surface area (Å²) in [4.78, 5) is 15.5. The molecule has 22 heavy (non-hydrogen) atoms. The number of benzene rings is 2. The van der Waals surface area contributed by atoms with Crippen LogP contribution in [-0.2, 0) is 11.0 Å². The van der Waals surface area contributed by atoms with Gasteiger partial charge >= 0.3 is 6.18 Å². The topological polar surface area (TPSA) is 41.5 Å². The molecule has 2 aromatic rings. The molecule has 1 heterocycles. The number of anilines is 1. The Morgan fingerprint density at radius 1 is 1.05 bits per heavy atom. The summed E-state index contributed by atoms with van der Waals surface area (Å²) < 4.78 is 37.8. The third-order valence-corrected chi connectivity index (χ3v) is 3.42. The van der Waals surface area contributed by atoms with Crippen LogP contribution in [-0.4, -0.2) is 12.1 Å². The van der Waals surface area contributed by atoms with Crippen molar-refractivity contribution in [1.29, 1.82) is 0 Å². The highest BCUT2D eigenvalue weighted by atomic mass is 19.4. The van der Waals surface area contributed by atoms with Crippen molar-refractivity contribution in [3.8, 4) is 0 Å². The smallest absolute Gasteiger partial charge is 0.340 e. The molecule has 1 unspecified atom stereocenters. The molecule has 0 saturated heterocycles. The number of carbonyl (C=O) groups is 1. The lowest BCUT2D eigenvalue weighted by molar-refractivity contribution is -0.137. The van der Waals surface area contributed by atoms with Crippen LogP contribution in [0.3, 0.4) is 0 Å². The quantitative estimate of drug-likeness (QED) is 0.857. The Hall–Kier alpha value is -2.63. The summed E-state index contributed by atoms with van der Waals surface area (Å²) in [5, 5.41) is 3.05. The number of fused-ring (bicyclic) bond motifs is 1. The van der Waals surface area contributed by atoms with Crippen molar-refractivity contribution < 1.29 is 18.0 Å². The van der Waals surface area contributed by atoms with Crippen molar-refractivity contribution in [3.63, 3.8) is 0 Å². The number of para-hydroxylation sites is 1. The monoisotopic (exact) mass is 304 g/mol. The molecule has 0 fully saturated rings. The molecule has 1 aliphatic heterocycles. The third-order valence-electron chi connectivity index (χ3n) is 3.42. The Balaban J connectivity index is 1.96. The van der Waals surface area contributed by atoms with E-state index in [2.05, 4.69) is 10.3 Å². The lowest BCUT2D eigenvalue weighted by atomic mass is 10.0. The lowest BCUT2D eigenvalue weighted by Gasteiger charge is -2.22. The number of hydrogen-bond donors (Lipinski definition) is 1. The van der Waals surface area contributed by atoms with E-state index in [0.717, 1.165) is 23.4 Å². The fourth-order valence-electron chi connectivity index (χ4n) is 2.30. The molecular weight excluding hydrogens is 293 g/mol. The molecule has 0 spiro atoms. The number of amidine groups is 1. The summed E-state index contributed by atoms with van der Waals surface area (Å²) in [6.45, 7) is 0. The first-order valence-corrected chi connectivity index (χ1v) is 6.56. The van der Waals surface area contributed by atoms with Crippen LogP contribution in [0.4, 0.5) is 18.9 Å². The second-order valence-electron chi connectivity index (χ2n) is 4.85. The Bertz CT molecular complexity index is 736. The number of rotatable bonds is 2. The number of aliphatic imine (C=N–C) groups is 1. The van der Waals surface area contributed by atoms with Crippen LogP contribution in [0.1, 0.15) is 22.7 Å². The Morgan fingerprint density at radius 2 is 1.73 bits per heavy atom. The van der Waals surface area contributed by atoms with Gasteiger partial charge in [-0.3, -0.25) is 4.99 Å².